The summed E-state index contributed by atoms with van der Waals surface area (Å²) in [7, 11) is 0. The number of piperazine rings is 1. The number of halogens is 5. The van der Waals surface area contributed by atoms with Crippen LogP contribution in [0.1, 0.15) is 5.56 Å². The fourth-order valence-corrected chi connectivity index (χ4v) is 2.05. The fourth-order valence-electron chi connectivity index (χ4n) is 2.05. The molecular formula is C13H18Cl2F3N3O. The lowest BCUT2D eigenvalue weighted by atomic mass is 10.2. The molecule has 0 aromatic heterocycles. The molecule has 1 aliphatic rings. The Labute approximate surface area is 139 Å². The summed E-state index contributed by atoms with van der Waals surface area (Å²) in [5.41, 5.74) is -0.600. The number of nitrogens with zero attached hydrogens (tertiary/aromatic N) is 1. The third-order valence-electron chi connectivity index (χ3n) is 3.05. The van der Waals surface area contributed by atoms with E-state index in [-0.39, 0.29) is 43.0 Å². The van der Waals surface area contributed by atoms with Crippen LogP contribution in [0.25, 0.3) is 0 Å². The molecule has 9 heteroatoms. The summed E-state index contributed by atoms with van der Waals surface area (Å²) >= 11 is 0. The Morgan fingerprint density at radius 3 is 2.45 bits per heavy atom. The molecular weight excluding hydrogens is 342 g/mol. The van der Waals surface area contributed by atoms with Crippen molar-refractivity contribution in [3.8, 4) is 0 Å². The van der Waals surface area contributed by atoms with Gasteiger partial charge in [-0.3, -0.25) is 9.69 Å². The number of rotatable bonds is 3. The maximum atomic E-state index is 12.6. The summed E-state index contributed by atoms with van der Waals surface area (Å²) in [4.78, 5) is 13.7. The summed E-state index contributed by atoms with van der Waals surface area (Å²) in [6.45, 7) is 3.34. The third kappa shape index (κ3) is 6.39. The topological polar surface area (TPSA) is 44.4 Å². The molecule has 1 aliphatic heterocycles. The number of benzene rings is 1. The van der Waals surface area contributed by atoms with Gasteiger partial charge in [0.1, 0.15) is 0 Å². The number of hydrogen-bond donors (Lipinski definition) is 2. The molecule has 0 saturated carbocycles. The molecule has 22 heavy (non-hydrogen) atoms. The predicted molar refractivity (Wildman–Crippen MR) is 83.9 cm³/mol. The fraction of sp³-hybridized carbons (Fsp3) is 0.462. The highest BCUT2D eigenvalue weighted by atomic mass is 35.5. The highest BCUT2D eigenvalue weighted by Gasteiger charge is 2.30. The first-order valence-corrected chi connectivity index (χ1v) is 6.35. The van der Waals surface area contributed by atoms with Gasteiger partial charge < -0.3 is 10.6 Å². The van der Waals surface area contributed by atoms with E-state index < -0.39 is 11.7 Å². The van der Waals surface area contributed by atoms with Gasteiger partial charge in [0.25, 0.3) is 0 Å². The zero-order valence-electron chi connectivity index (χ0n) is 11.7. The number of alkyl halides is 3. The molecule has 1 saturated heterocycles. The van der Waals surface area contributed by atoms with Crippen molar-refractivity contribution < 1.29 is 18.0 Å². The Bertz CT molecular complexity index is 480. The molecule has 1 aromatic carbocycles. The minimum Gasteiger partial charge on any atom is -0.325 e. The van der Waals surface area contributed by atoms with Gasteiger partial charge in [-0.05, 0) is 18.2 Å². The summed E-state index contributed by atoms with van der Waals surface area (Å²) in [6, 6.07) is 4.65. The standard InChI is InChI=1S/C13H16F3N3O.2ClH/c14-13(15,16)10-2-1-3-11(8-10)18-12(20)9-19-6-4-17-5-7-19;;/h1-3,8,17H,4-7,9H2,(H,18,20);2*1H. The highest BCUT2D eigenvalue weighted by molar-refractivity contribution is 5.92. The van der Waals surface area contributed by atoms with Gasteiger partial charge in [-0.2, -0.15) is 13.2 Å². The SMILES string of the molecule is Cl.Cl.O=C(CN1CCNCC1)Nc1cccc(C(F)(F)F)c1. The van der Waals surface area contributed by atoms with Gasteiger partial charge in [0.15, 0.2) is 0 Å². The van der Waals surface area contributed by atoms with Gasteiger partial charge in [-0.15, -0.1) is 24.8 Å². The Morgan fingerprint density at radius 1 is 1.23 bits per heavy atom. The van der Waals surface area contributed by atoms with E-state index in [2.05, 4.69) is 10.6 Å². The van der Waals surface area contributed by atoms with Crippen LogP contribution in [0.3, 0.4) is 0 Å². The monoisotopic (exact) mass is 359 g/mol. The summed E-state index contributed by atoms with van der Waals surface area (Å²) in [6.07, 6.45) is -4.40. The first kappa shape index (κ1) is 21.0. The molecule has 1 heterocycles. The van der Waals surface area contributed by atoms with E-state index in [0.717, 1.165) is 38.3 Å². The summed E-state index contributed by atoms with van der Waals surface area (Å²) < 4.78 is 37.7. The van der Waals surface area contributed by atoms with Crippen molar-refractivity contribution in [1.29, 1.82) is 0 Å². The van der Waals surface area contributed by atoms with Crippen LogP contribution < -0.4 is 10.6 Å². The number of amides is 1. The molecule has 4 nitrogen and oxygen atoms in total. The van der Waals surface area contributed by atoms with Crippen LogP contribution in [-0.4, -0.2) is 43.5 Å². The summed E-state index contributed by atoms with van der Waals surface area (Å²) in [5.74, 6) is -0.300. The molecule has 1 aromatic rings. The molecule has 2 rings (SSSR count). The van der Waals surface area contributed by atoms with Crippen LogP contribution in [0.15, 0.2) is 24.3 Å². The van der Waals surface area contributed by atoms with E-state index in [9.17, 15) is 18.0 Å². The number of hydrogen-bond acceptors (Lipinski definition) is 3. The van der Waals surface area contributed by atoms with Gasteiger partial charge in [0, 0.05) is 31.9 Å². The van der Waals surface area contributed by atoms with Crippen molar-refractivity contribution >= 4 is 36.4 Å². The van der Waals surface area contributed by atoms with Crippen LogP contribution in [0.5, 0.6) is 0 Å². The van der Waals surface area contributed by atoms with Crippen molar-refractivity contribution in [2.24, 2.45) is 0 Å². The van der Waals surface area contributed by atoms with E-state index >= 15 is 0 Å². The first-order valence-electron chi connectivity index (χ1n) is 6.35. The van der Waals surface area contributed by atoms with Gasteiger partial charge in [-0.25, -0.2) is 0 Å². The normalized spacial score (nSPS) is 15.4. The zero-order chi connectivity index (χ0) is 14.6. The second-order valence-electron chi connectivity index (χ2n) is 4.65. The zero-order valence-corrected chi connectivity index (χ0v) is 13.3. The number of carbonyl (C=O) groups is 1. The predicted octanol–water partition coefficient (Wildman–Crippen LogP) is 2.39. The molecule has 1 fully saturated rings. The number of anilines is 1. The maximum absolute atomic E-state index is 12.6. The van der Waals surface area contributed by atoms with Crippen LogP contribution in [0.4, 0.5) is 18.9 Å². The maximum Gasteiger partial charge on any atom is 0.416 e. The Kier molecular flexibility index (Phi) is 8.77. The highest BCUT2D eigenvalue weighted by Crippen LogP contribution is 2.30. The van der Waals surface area contributed by atoms with Crippen molar-refractivity contribution in [1.82, 2.24) is 10.2 Å². The lowest BCUT2D eigenvalue weighted by Gasteiger charge is -2.26. The van der Waals surface area contributed by atoms with Gasteiger partial charge in [-0.1, -0.05) is 6.07 Å². The molecule has 0 bridgehead atoms. The molecule has 2 N–H and O–H groups in total. The van der Waals surface area contributed by atoms with Crippen LogP contribution in [0.2, 0.25) is 0 Å². The van der Waals surface area contributed by atoms with E-state index in [1.165, 1.54) is 12.1 Å². The van der Waals surface area contributed by atoms with Gasteiger partial charge >= 0.3 is 6.18 Å². The quantitative estimate of drug-likeness (QED) is 0.870. The van der Waals surface area contributed by atoms with E-state index in [1.54, 1.807) is 0 Å². The minimum atomic E-state index is -4.40. The van der Waals surface area contributed by atoms with Gasteiger partial charge in [0.2, 0.25) is 5.91 Å². The smallest absolute Gasteiger partial charge is 0.325 e. The first-order chi connectivity index (χ1) is 9.45. The molecule has 0 unspecified atom stereocenters. The van der Waals surface area contributed by atoms with Crippen molar-refractivity contribution in [3.63, 3.8) is 0 Å². The second kappa shape index (κ2) is 9.19. The molecule has 0 aliphatic carbocycles. The van der Waals surface area contributed by atoms with E-state index in [0.29, 0.717) is 0 Å². The lowest BCUT2D eigenvalue weighted by Crippen LogP contribution is -2.46. The summed E-state index contributed by atoms with van der Waals surface area (Å²) in [5, 5.41) is 5.66. The van der Waals surface area contributed by atoms with Gasteiger partial charge in [0.05, 0.1) is 12.1 Å². The Balaban J connectivity index is 0.00000220. The Morgan fingerprint density at radius 2 is 1.86 bits per heavy atom. The average molecular weight is 360 g/mol. The van der Waals surface area contributed by atoms with Crippen LogP contribution in [0, 0.1) is 0 Å². The van der Waals surface area contributed by atoms with Crippen molar-refractivity contribution in [2.45, 2.75) is 6.18 Å². The molecule has 0 atom stereocenters. The van der Waals surface area contributed by atoms with Crippen LogP contribution >= 0.6 is 24.8 Å². The third-order valence-corrected chi connectivity index (χ3v) is 3.05. The molecule has 1 amide bonds. The largest absolute Gasteiger partial charge is 0.416 e. The van der Waals surface area contributed by atoms with Crippen molar-refractivity contribution in [3.05, 3.63) is 29.8 Å². The second-order valence-corrected chi connectivity index (χ2v) is 4.65. The minimum absolute atomic E-state index is 0. The number of carbonyl (C=O) groups excluding carboxylic acids is 1. The van der Waals surface area contributed by atoms with Crippen molar-refractivity contribution in [2.75, 3.05) is 38.0 Å². The van der Waals surface area contributed by atoms with E-state index in [4.69, 9.17) is 0 Å². The molecule has 126 valence electrons. The van der Waals surface area contributed by atoms with Crippen LogP contribution in [-0.2, 0) is 11.0 Å². The number of nitrogens with one attached hydrogen (secondary N) is 2. The average Bonchev–Trinajstić information content (AvgIpc) is 2.39. The van der Waals surface area contributed by atoms with E-state index in [1.807, 2.05) is 4.90 Å². The molecule has 0 radical (unpaired) electrons. The lowest BCUT2D eigenvalue weighted by molar-refractivity contribution is -0.137. The Hall–Kier alpha value is -1.02. The molecule has 0 spiro atoms.